The van der Waals surface area contributed by atoms with Gasteiger partial charge >= 0.3 is 0 Å². The van der Waals surface area contributed by atoms with Gasteiger partial charge in [-0.1, -0.05) is 27.7 Å². The Morgan fingerprint density at radius 2 is 2.16 bits per heavy atom. The van der Waals surface area contributed by atoms with Gasteiger partial charge in [0.25, 0.3) is 0 Å². The molecule has 0 aromatic carbocycles. The molecule has 0 aliphatic heterocycles. The first-order valence-corrected chi connectivity index (χ1v) is 6.90. The molecule has 0 spiro atoms. The Bertz CT molecular complexity index is 488. The summed E-state index contributed by atoms with van der Waals surface area (Å²) in [5.41, 5.74) is 7.59. The molecule has 2 unspecified atom stereocenters. The summed E-state index contributed by atoms with van der Waals surface area (Å²) in [6, 6.07) is 1.58. The molecule has 4 nitrogen and oxygen atoms in total. The predicted molar refractivity (Wildman–Crippen MR) is 74.6 cm³/mol. The summed E-state index contributed by atoms with van der Waals surface area (Å²) < 4.78 is 1.96. The topological polar surface area (TPSA) is 68.2 Å². The molecule has 2 atom stereocenters. The van der Waals surface area contributed by atoms with Crippen LogP contribution in [0.25, 0.3) is 0 Å². The van der Waals surface area contributed by atoms with E-state index in [2.05, 4.69) is 13.8 Å². The third-order valence-corrected chi connectivity index (χ3v) is 4.03. The highest BCUT2D eigenvalue weighted by Gasteiger charge is 2.35. The predicted octanol–water partition coefficient (Wildman–Crippen LogP) is 2.18. The minimum atomic E-state index is -0.444. The lowest BCUT2D eigenvalue weighted by Crippen LogP contribution is -2.34. The summed E-state index contributed by atoms with van der Waals surface area (Å²) in [7, 11) is 0. The Morgan fingerprint density at radius 3 is 2.68 bits per heavy atom. The lowest BCUT2D eigenvalue weighted by molar-refractivity contribution is -0.122. The van der Waals surface area contributed by atoms with E-state index >= 15 is 0 Å². The quantitative estimate of drug-likeness (QED) is 0.878. The monoisotopic (exact) mass is 264 g/mol. The number of nitrogens with zero attached hydrogens (tertiary/aromatic N) is 1. The van der Waals surface area contributed by atoms with Crippen molar-refractivity contribution in [1.29, 1.82) is 0 Å². The van der Waals surface area contributed by atoms with Gasteiger partial charge in [-0.25, -0.2) is 0 Å². The van der Waals surface area contributed by atoms with Crippen LogP contribution in [-0.2, 0) is 11.2 Å². The molecule has 0 saturated carbocycles. The third-order valence-electron chi connectivity index (χ3n) is 4.03. The Labute approximate surface area is 114 Å². The average Bonchev–Trinajstić information content (AvgIpc) is 2.59. The molecule has 106 valence electrons. The van der Waals surface area contributed by atoms with Gasteiger partial charge in [0.2, 0.25) is 5.91 Å². The van der Waals surface area contributed by atoms with E-state index in [4.69, 9.17) is 5.73 Å². The van der Waals surface area contributed by atoms with Crippen LogP contribution < -0.4 is 5.73 Å². The molecule has 4 heteroatoms. The molecule has 0 saturated heterocycles. The van der Waals surface area contributed by atoms with E-state index in [-0.39, 0.29) is 23.3 Å². The van der Waals surface area contributed by atoms with Gasteiger partial charge in [-0.05, 0) is 30.2 Å². The van der Waals surface area contributed by atoms with Crippen molar-refractivity contribution < 1.29 is 9.90 Å². The molecule has 0 fully saturated rings. The maximum absolute atomic E-state index is 11.7. The molecule has 0 radical (unpaired) electrons. The first-order chi connectivity index (χ1) is 8.73. The molecule has 1 aliphatic rings. The van der Waals surface area contributed by atoms with Crippen LogP contribution in [-0.4, -0.2) is 15.6 Å². The molecule has 1 aliphatic carbocycles. The number of primary amides is 1. The molecule has 1 heterocycles. The van der Waals surface area contributed by atoms with Gasteiger partial charge in [0.15, 0.2) is 0 Å². The lowest BCUT2D eigenvalue weighted by atomic mass is 9.75. The number of rotatable bonds is 3. The van der Waals surface area contributed by atoms with Gasteiger partial charge in [0, 0.05) is 17.5 Å². The largest absolute Gasteiger partial charge is 0.388 e. The fourth-order valence-electron chi connectivity index (χ4n) is 3.20. The number of hydrogen-bond acceptors (Lipinski definition) is 2. The van der Waals surface area contributed by atoms with Gasteiger partial charge in [0.05, 0.1) is 6.10 Å². The van der Waals surface area contributed by atoms with Crippen LogP contribution in [0.5, 0.6) is 0 Å². The number of amides is 1. The maximum Gasteiger partial charge on any atom is 0.240 e. The van der Waals surface area contributed by atoms with Crippen LogP contribution in [0.2, 0.25) is 0 Å². The lowest BCUT2D eigenvalue weighted by Gasteiger charge is -2.35. The van der Waals surface area contributed by atoms with Crippen LogP contribution in [0.4, 0.5) is 0 Å². The Kier molecular flexibility index (Phi) is 3.47. The van der Waals surface area contributed by atoms with E-state index in [0.29, 0.717) is 0 Å². The van der Waals surface area contributed by atoms with E-state index in [1.54, 1.807) is 0 Å². The Balaban J connectivity index is 2.48. The number of carbonyl (C=O) groups is 1. The van der Waals surface area contributed by atoms with Crippen molar-refractivity contribution in [3.63, 3.8) is 0 Å². The van der Waals surface area contributed by atoms with E-state index < -0.39 is 6.10 Å². The smallest absolute Gasteiger partial charge is 0.240 e. The summed E-state index contributed by atoms with van der Waals surface area (Å²) in [5, 5.41) is 10.2. The zero-order chi connectivity index (χ0) is 14.4. The molecule has 1 aromatic rings. The number of carbonyl (C=O) groups excluding carboxylic acids is 1. The molecule has 0 bridgehead atoms. The van der Waals surface area contributed by atoms with Crippen molar-refractivity contribution in [1.82, 2.24) is 4.57 Å². The highest BCUT2D eigenvalue weighted by Crippen LogP contribution is 2.42. The van der Waals surface area contributed by atoms with E-state index in [1.165, 1.54) is 0 Å². The number of hydrogen-bond donors (Lipinski definition) is 2. The highest BCUT2D eigenvalue weighted by atomic mass is 16.3. The maximum atomic E-state index is 11.7. The van der Waals surface area contributed by atoms with Crippen molar-refractivity contribution in [3.8, 4) is 0 Å². The summed E-state index contributed by atoms with van der Waals surface area (Å²) >= 11 is 0. The molecular weight excluding hydrogens is 240 g/mol. The fourth-order valence-corrected chi connectivity index (χ4v) is 3.20. The summed E-state index contributed by atoms with van der Waals surface area (Å²) in [6.07, 6.45) is 3.07. The first kappa shape index (κ1) is 14.1. The fraction of sp³-hybridized carbons (Fsp3) is 0.667. The van der Waals surface area contributed by atoms with Gasteiger partial charge in [-0.3, -0.25) is 4.79 Å². The number of aliphatic hydroxyl groups is 1. The van der Waals surface area contributed by atoms with Crippen molar-refractivity contribution in [2.75, 3.05) is 0 Å². The zero-order valence-corrected chi connectivity index (χ0v) is 12.2. The average molecular weight is 264 g/mol. The molecule has 3 N–H and O–H groups in total. The van der Waals surface area contributed by atoms with E-state index in [1.807, 2.05) is 30.7 Å². The summed E-state index contributed by atoms with van der Waals surface area (Å²) in [4.78, 5) is 11.7. The van der Waals surface area contributed by atoms with Crippen molar-refractivity contribution in [2.45, 2.75) is 52.7 Å². The van der Waals surface area contributed by atoms with Crippen molar-refractivity contribution >= 4 is 5.91 Å². The summed E-state index contributed by atoms with van der Waals surface area (Å²) in [5.74, 6) is -0.178. The van der Waals surface area contributed by atoms with E-state index in [9.17, 15) is 9.90 Å². The SMILES string of the molecule is CC(C)C(C(N)=O)n1ccc2c1CC(C)(C)CC2O. The second-order valence-corrected chi connectivity index (χ2v) is 6.78. The second kappa shape index (κ2) is 4.67. The molecular formula is C15H24N2O2. The standard InChI is InChI=1S/C15H24N2O2/c1-9(2)13(14(16)19)17-6-5-10-11(17)7-15(3,4)8-12(10)18/h5-6,9,12-13,18H,7-8H2,1-4H3,(H2,16,19). The molecule has 1 amide bonds. The Hall–Kier alpha value is -1.29. The van der Waals surface area contributed by atoms with E-state index in [0.717, 1.165) is 24.1 Å². The van der Waals surface area contributed by atoms with Crippen LogP contribution in [0.3, 0.4) is 0 Å². The first-order valence-electron chi connectivity index (χ1n) is 6.90. The molecule has 19 heavy (non-hydrogen) atoms. The van der Waals surface area contributed by atoms with Crippen molar-refractivity contribution in [3.05, 3.63) is 23.5 Å². The van der Waals surface area contributed by atoms with Crippen LogP contribution >= 0.6 is 0 Å². The molecule has 2 rings (SSSR count). The zero-order valence-electron chi connectivity index (χ0n) is 12.2. The minimum absolute atomic E-state index is 0.0433. The van der Waals surface area contributed by atoms with Gasteiger partial charge in [-0.15, -0.1) is 0 Å². The van der Waals surface area contributed by atoms with Crippen LogP contribution in [0.1, 0.15) is 57.5 Å². The third kappa shape index (κ3) is 2.54. The van der Waals surface area contributed by atoms with Gasteiger partial charge in [0.1, 0.15) is 6.04 Å². The van der Waals surface area contributed by atoms with Gasteiger partial charge in [-0.2, -0.15) is 0 Å². The second-order valence-electron chi connectivity index (χ2n) is 6.78. The van der Waals surface area contributed by atoms with Crippen LogP contribution in [0.15, 0.2) is 12.3 Å². The number of aromatic nitrogens is 1. The summed E-state index contributed by atoms with van der Waals surface area (Å²) in [6.45, 7) is 8.27. The minimum Gasteiger partial charge on any atom is -0.388 e. The number of fused-ring (bicyclic) bond motifs is 1. The Morgan fingerprint density at radius 1 is 1.53 bits per heavy atom. The number of nitrogens with two attached hydrogens (primary N) is 1. The van der Waals surface area contributed by atoms with Gasteiger partial charge < -0.3 is 15.4 Å². The molecule has 1 aromatic heterocycles. The normalized spacial score (nSPS) is 23.2. The highest BCUT2D eigenvalue weighted by molar-refractivity contribution is 5.78. The number of aliphatic hydroxyl groups excluding tert-OH is 1. The van der Waals surface area contributed by atoms with Crippen LogP contribution in [0, 0.1) is 11.3 Å². The van der Waals surface area contributed by atoms with Crippen molar-refractivity contribution in [2.24, 2.45) is 17.1 Å².